The molecular formula is C43H54N4O5. The largest absolute Gasteiger partial charge is 0.497 e. The number of amides is 2. The summed E-state index contributed by atoms with van der Waals surface area (Å²) < 4.78 is 18.3. The summed E-state index contributed by atoms with van der Waals surface area (Å²) in [5.74, 6) is 2.08. The zero-order chi connectivity index (χ0) is 36.2. The number of pyridine rings is 1. The molecule has 2 saturated heterocycles. The van der Waals surface area contributed by atoms with Gasteiger partial charge in [0.1, 0.15) is 34.9 Å². The van der Waals surface area contributed by atoms with Gasteiger partial charge in [0.15, 0.2) is 0 Å². The number of nitrogens with one attached hydrogen (secondary N) is 1. The summed E-state index contributed by atoms with van der Waals surface area (Å²) in [6, 6.07) is 16.9. The lowest BCUT2D eigenvalue weighted by Gasteiger charge is -2.42. The Kier molecular flexibility index (Phi) is 10.9. The monoisotopic (exact) mass is 706 g/mol. The van der Waals surface area contributed by atoms with E-state index in [2.05, 4.69) is 23.4 Å². The van der Waals surface area contributed by atoms with Crippen LogP contribution in [0.5, 0.6) is 11.5 Å². The lowest BCUT2D eigenvalue weighted by molar-refractivity contribution is -0.145. The molecule has 4 fully saturated rings. The van der Waals surface area contributed by atoms with Crippen LogP contribution in [0.3, 0.4) is 0 Å². The second-order valence-electron chi connectivity index (χ2n) is 15.0. The van der Waals surface area contributed by atoms with Crippen molar-refractivity contribution in [1.29, 1.82) is 0 Å². The van der Waals surface area contributed by atoms with Crippen LogP contribution in [0.2, 0.25) is 0 Å². The summed E-state index contributed by atoms with van der Waals surface area (Å²) >= 11 is 0. The van der Waals surface area contributed by atoms with Crippen LogP contribution in [-0.2, 0) is 14.3 Å². The first kappa shape index (κ1) is 36.0. The number of carbonyl (C=O) groups excluding carboxylic acids is 2. The van der Waals surface area contributed by atoms with Gasteiger partial charge in [-0.05, 0) is 70.2 Å². The van der Waals surface area contributed by atoms with E-state index in [1.807, 2.05) is 72.5 Å². The molecule has 52 heavy (non-hydrogen) atoms. The molecule has 2 aliphatic heterocycles. The first-order chi connectivity index (χ1) is 25.3. The topological polar surface area (TPSA) is 93.2 Å². The molecule has 2 aromatic carbocycles. The first-order valence-corrected chi connectivity index (χ1v) is 19.4. The predicted molar refractivity (Wildman–Crippen MR) is 204 cm³/mol. The fraction of sp³-hybridized carbons (Fsp3) is 0.512. The summed E-state index contributed by atoms with van der Waals surface area (Å²) in [4.78, 5) is 38.9. The van der Waals surface area contributed by atoms with Crippen LogP contribution in [0.25, 0.3) is 22.2 Å². The van der Waals surface area contributed by atoms with E-state index < -0.39 is 17.7 Å². The van der Waals surface area contributed by atoms with E-state index in [-0.39, 0.29) is 29.7 Å². The summed E-state index contributed by atoms with van der Waals surface area (Å²) in [5, 5.41) is 4.16. The number of ether oxygens (including phenoxy) is 3. The molecule has 1 N–H and O–H groups in total. The van der Waals surface area contributed by atoms with Gasteiger partial charge in [-0.15, -0.1) is 6.58 Å². The number of hydrogen-bond acceptors (Lipinski definition) is 7. The average Bonchev–Trinajstić information content (AvgIpc) is 3.74. The maximum absolute atomic E-state index is 15.1. The van der Waals surface area contributed by atoms with Gasteiger partial charge in [-0.3, -0.25) is 14.5 Å². The van der Waals surface area contributed by atoms with Crippen LogP contribution < -0.4 is 14.8 Å². The molecule has 2 amide bonds. The van der Waals surface area contributed by atoms with Crippen molar-refractivity contribution in [2.75, 3.05) is 33.4 Å². The van der Waals surface area contributed by atoms with Crippen molar-refractivity contribution in [1.82, 2.24) is 20.1 Å². The summed E-state index contributed by atoms with van der Waals surface area (Å²) in [6.07, 6.45) is 11.5. The van der Waals surface area contributed by atoms with Crippen molar-refractivity contribution < 1.29 is 23.8 Å². The smallest absolute Gasteiger partial charge is 0.243 e. The van der Waals surface area contributed by atoms with E-state index in [1.54, 1.807) is 7.11 Å². The fourth-order valence-corrected chi connectivity index (χ4v) is 8.90. The Morgan fingerprint density at radius 2 is 1.79 bits per heavy atom. The number of hydrogen-bond donors (Lipinski definition) is 1. The zero-order valence-corrected chi connectivity index (χ0v) is 30.9. The molecule has 9 heteroatoms. The standard InChI is InChI=1S/C43H54N4O5/c1-5-32-27-43(32,29(3)51-6-2)45-41(48)38-25-34(28-47(38)42(49)40(31-18-12-8-13-19-31)46-22-14-9-15-23-46)52-39-26-36(30-16-10-7-11-17-30)44-37-24-33(50-4)20-21-35(37)39/h5,7,10-11,16-17,20-21,24,26,31-32,34,38,40H,1,3,6,8-9,12-15,18-19,22-23,25,27-28H2,2,4H3,(H,45,48)/t32?,34-,38+,40+,43?/m1/s1. The van der Waals surface area contributed by atoms with E-state index in [0.29, 0.717) is 43.3 Å². The molecule has 9 nitrogen and oxygen atoms in total. The van der Waals surface area contributed by atoms with E-state index in [1.165, 1.54) is 12.8 Å². The Morgan fingerprint density at radius 3 is 2.48 bits per heavy atom. The van der Waals surface area contributed by atoms with Crippen LogP contribution in [0.4, 0.5) is 0 Å². The van der Waals surface area contributed by atoms with Gasteiger partial charge in [-0.2, -0.15) is 0 Å². The van der Waals surface area contributed by atoms with Crippen LogP contribution in [-0.4, -0.2) is 83.7 Å². The lowest BCUT2D eigenvalue weighted by atomic mass is 9.82. The molecule has 4 aliphatic rings. The number of likely N-dealkylation sites (tertiary alicyclic amines) is 2. The highest BCUT2D eigenvalue weighted by molar-refractivity contribution is 5.92. The number of rotatable bonds is 13. The molecular weight excluding hydrogens is 652 g/mol. The normalized spacial score (nSPS) is 25.7. The molecule has 3 aromatic rings. The van der Waals surface area contributed by atoms with Gasteiger partial charge in [0.25, 0.3) is 0 Å². The van der Waals surface area contributed by atoms with Crippen molar-refractivity contribution in [3.63, 3.8) is 0 Å². The SMILES string of the molecule is C=CC1CC1(NC(=O)[C@@H]1C[C@@H](Oc2cc(-c3ccccc3)nc3cc(OC)ccc23)CN1C(=O)[C@H](C1CCCCC1)N1CCCCC1)C(=C)OCC. The van der Waals surface area contributed by atoms with E-state index in [4.69, 9.17) is 19.2 Å². The molecule has 2 saturated carbocycles. The highest BCUT2D eigenvalue weighted by atomic mass is 16.5. The summed E-state index contributed by atoms with van der Waals surface area (Å²) in [5.41, 5.74) is 1.78. The number of methoxy groups -OCH3 is 1. The Morgan fingerprint density at radius 1 is 1.04 bits per heavy atom. The van der Waals surface area contributed by atoms with Gasteiger partial charge in [0.05, 0.1) is 37.5 Å². The highest BCUT2D eigenvalue weighted by Crippen LogP contribution is 2.50. The van der Waals surface area contributed by atoms with Crippen LogP contribution in [0.15, 0.2) is 79.6 Å². The minimum absolute atomic E-state index is 0.0213. The maximum Gasteiger partial charge on any atom is 0.243 e. The van der Waals surface area contributed by atoms with Gasteiger partial charge < -0.3 is 24.4 Å². The quantitative estimate of drug-likeness (QED) is 0.147. The minimum Gasteiger partial charge on any atom is -0.497 e. The predicted octanol–water partition coefficient (Wildman–Crippen LogP) is 7.30. The van der Waals surface area contributed by atoms with Gasteiger partial charge in [-0.1, -0.05) is 68.7 Å². The summed E-state index contributed by atoms with van der Waals surface area (Å²) in [7, 11) is 1.64. The van der Waals surface area contributed by atoms with E-state index >= 15 is 4.79 Å². The van der Waals surface area contributed by atoms with Gasteiger partial charge in [-0.25, -0.2) is 4.98 Å². The van der Waals surface area contributed by atoms with E-state index in [9.17, 15) is 4.79 Å². The molecule has 0 radical (unpaired) electrons. The molecule has 3 heterocycles. The third-order valence-electron chi connectivity index (χ3n) is 11.8. The zero-order valence-electron chi connectivity index (χ0n) is 30.9. The second kappa shape index (κ2) is 15.7. The molecule has 2 aliphatic carbocycles. The number of nitrogens with zero attached hydrogens (tertiary/aromatic N) is 3. The third kappa shape index (κ3) is 7.29. The van der Waals surface area contributed by atoms with Crippen molar-refractivity contribution in [3.05, 3.63) is 79.6 Å². The van der Waals surface area contributed by atoms with E-state index in [0.717, 1.165) is 73.8 Å². The Balaban J connectivity index is 1.23. The molecule has 2 unspecified atom stereocenters. The number of fused-ring (bicyclic) bond motifs is 1. The highest BCUT2D eigenvalue weighted by Gasteiger charge is 2.58. The van der Waals surface area contributed by atoms with Crippen molar-refractivity contribution in [2.45, 2.75) is 94.9 Å². The van der Waals surface area contributed by atoms with Crippen LogP contribution in [0, 0.1) is 11.8 Å². The molecule has 0 spiro atoms. The van der Waals surface area contributed by atoms with Gasteiger partial charge >= 0.3 is 0 Å². The van der Waals surface area contributed by atoms with Crippen LogP contribution in [0.1, 0.15) is 71.1 Å². The molecule has 5 atom stereocenters. The number of piperidine rings is 1. The van der Waals surface area contributed by atoms with Gasteiger partial charge in [0, 0.05) is 35.4 Å². The number of aromatic nitrogens is 1. The number of benzene rings is 2. The Bertz CT molecular complexity index is 1750. The molecule has 0 bridgehead atoms. The van der Waals surface area contributed by atoms with Crippen molar-refractivity contribution in [2.24, 2.45) is 11.8 Å². The second-order valence-corrected chi connectivity index (χ2v) is 15.0. The fourth-order valence-electron chi connectivity index (χ4n) is 8.90. The van der Waals surface area contributed by atoms with Crippen molar-refractivity contribution in [3.8, 4) is 22.8 Å². The average molecular weight is 707 g/mol. The third-order valence-corrected chi connectivity index (χ3v) is 11.8. The molecule has 1 aromatic heterocycles. The Labute approximate surface area is 308 Å². The molecule has 276 valence electrons. The maximum atomic E-state index is 15.1. The number of carbonyl (C=O) groups is 2. The van der Waals surface area contributed by atoms with Gasteiger partial charge in [0.2, 0.25) is 11.8 Å². The first-order valence-electron chi connectivity index (χ1n) is 19.4. The molecule has 7 rings (SSSR count). The summed E-state index contributed by atoms with van der Waals surface area (Å²) in [6.45, 7) is 12.7. The lowest BCUT2D eigenvalue weighted by Crippen LogP contribution is -2.58. The van der Waals surface area contributed by atoms with Crippen LogP contribution >= 0.6 is 0 Å². The minimum atomic E-state index is -0.719. The Hall–Kier alpha value is -4.37. The van der Waals surface area contributed by atoms with Crippen molar-refractivity contribution >= 4 is 22.7 Å².